The third-order valence-electron chi connectivity index (χ3n) is 13.2. The topological polar surface area (TPSA) is 188 Å². The summed E-state index contributed by atoms with van der Waals surface area (Å²) >= 11 is 0. The first-order valence-corrected chi connectivity index (χ1v) is 22.1. The number of carbonyl (C=O) groups is 4. The van der Waals surface area contributed by atoms with E-state index in [-0.39, 0.29) is 48.9 Å². The number of halogens is 3. The molecule has 6 rings (SSSR count). The Bertz CT molecular complexity index is 2200. The number of allylic oxidation sites excluding steroid dienone is 1. The molecule has 1 aromatic heterocycles. The number of carbonyl (C=O) groups excluding carboxylic acids is 3. The fourth-order valence-corrected chi connectivity index (χ4v) is 9.95. The molecule has 61 heavy (non-hydrogen) atoms. The Morgan fingerprint density at radius 3 is 2.41 bits per heavy atom. The molecule has 3 heterocycles. The third-order valence-corrected chi connectivity index (χ3v) is 15.3. The van der Waals surface area contributed by atoms with E-state index in [2.05, 4.69) is 15.0 Å². The van der Waals surface area contributed by atoms with E-state index < -0.39 is 85.9 Å². The normalized spacial score (nSPS) is 28.6. The van der Waals surface area contributed by atoms with Crippen LogP contribution in [0.15, 0.2) is 36.5 Å². The second-order valence-corrected chi connectivity index (χ2v) is 20.3. The lowest BCUT2D eigenvalue weighted by molar-refractivity contribution is -0.222. The number of fused-ring (bicyclic) bond motifs is 3. The standard InChI is InChI=1S/C42H57F3N6O9S/c1-9-25-18-24(2)12-10-11-13-26-21-41(26,37(54)48-61(57,58)40(5)16-17-40)47-34(52)31-20-28(23-50(31)36(53)33(25)51(38(55)56)39(3,4)42(43,44)45)60-35-29-15-14-27(49(6)7)19-30(29)32(59-8)22-46-35/h11,13-15,19,22,24-26,28,31,33H,9-10,12,16-18,20-21,23H2,1-8H3,(H,47,52)(H,48,54)(H,55,56)/b13-11-/t24-,25-,26-,28-,31+,33+,41-/m1/s1. The number of benzene rings is 1. The first kappa shape index (κ1) is 45.7. The van der Waals surface area contributed by atoms with Gasteiger partial charge in [0.15, 0.2) is 0 Å². The highest BCUT2D eigenvalue weighted by atomic mass is 32.2. The Hall–Kier alpha value is -4.81. The molecule has 19 heteroatoms. The minimum Gasteiger partial charge on any atom is -0.494 e. The van der Waals surface area contributed by atoms with Crippen LogP contribution in [0.1, 0.15) is 86.0 Å². The minimum absolute atomic E-state index is 0.0489. The summed E-state index contributed by atoms with van der Waals surface area (Å²) in [5, 5.41) is 14.5. The van der Waals surface area contributed by atoms with Crippen LogP contribution in [0.5, 0.6) is 11.6 Å². The molecular weight excluding hydrogens is 822 g/mol. The number of nitrogens with zero attached hydrogens (tertiary/aromatic N) is 4. The summed E-state index contributed by atoms with van der Waals surface area (Å²) in [4.78, 5) is 64.6. The molecule has 3 fully saturated rings. The molecule has 2 aliphatic carbocycles. The Labute approximate surface area is 354 Å². The highest BCUT2D eigenvalue weighted by molar-refractivity contribution is 7.91. The van der Waals surface area contributed by atoms with Crippen LogP contribution in [0.25, 0.3) is 10.8 Å². The number of ether oxygens (including phenoxy) is 2. The smallest absolute Gasteiger partial charge is 0.411 e. The molecule has 2 aromatic rings. The number of hydrogen-bond donors (Lipinski definition) is 3. The average molecular weight is 879 g/mol. The maximum atomic E-state index is 15.2. The van der Waals surface area contributed by atoms with Crippen molar-refractivity contribution in [3.8, 4) is 11.6 Å². The Balaban J connectivity index is 1.45. The van der Waals surface area contributed by atoms with Gasteiger partial charge in [0, 0.05) is 42.9 Å². The van der Waals surface area contributed by atoms with Crippen molar-refractivity contribution in [2.24, 2.45) is 17.8 Å². The summed E-state index contributed by atoms with van der Waals surface area (Å²) in [6.07, 6.45) is -1.23. The molecule has 0 spiro atoms. The van der Waals surface area contributed by atoms with Gasteiger partial charge in [-0.25, -0.2) is 18.2 Å². The minimum atomic E-state index is -5.10. The van der Waals surface area contributed by atoms with Crippen LogP contribution in [0.3, 0.4) is 0 Å². The SMILES string of the molecule is CC[C@@H]1C[C@H](C)CC/C=C\[C@@H]2C[C@@]2(C(=O)NS(=O)(=O)C2(C)CC2)NC(=O)[C@@H]2C[C@@H](Oc3ncc(OC)c4cc(N(C)C)ccc34)CN2C(=O)[C@H]1N(C(=O)O)C(C)(C)C(F)(F)F. The molecule has 1 aromatic carbocycles. The van der Waals surface area contributed by atoms with Crippen molar-refractivity contribution in [2.45, 2.75) is 126 Å². The maximum Gasteiger partial charge on any atom is 0.411 e. The molecule has 3 N–H and O–H groups in total. The number of sulfonamides is 1. The van der Waals surface area contributed by atoms with Crippen LogP contribution in [0, 0.1) is 17.8 Å². The van der Waals surface area contributed by atoms with Crippen molar-refractivity contribution < 1.29 is 55.3 Å². The zero-order chi connectivity index (χ0) is 45.0. The van der Waals surface area contributed by atoms with Crippen molar-refractivity contribution in [3.63, 3.8) is 0 Å². The second kappa shape index (κ2) is 16.5. The fraction of sp³-hybridized carbons (Fsp3) is 0.643. The number of alkyl halides is 3. The van der Waals surface area contributed by atoms with E-state index in [0.717, 1.165) is 10.6 Å². The van der Waals surface area contributed by atoms with Crippen molar-refractivity contribution in [1.82, 2.24) is 24.8 Å². The molecule has 0 radical (unpaired) electrons. The highest BCUT2D eigenvalue weighted by Crippen LogP contribution is 2.48. The van der Waals surface area contributed by atoms with E-state index in [1.807, 2.05) is 44.1 Å². The first-order chi connectivity index (χ1) is 28.4. The number of aromatic nitrogens is 1. The summed E-state index contributed by atoms with van der Waals surface area (Å²) in [5.74, 6) is -4.00. The maximum absolute atomic E-state index is 15.2. The van der Waals surface area contributed by atoms with Gasteiger partial charge in [-0.3, -0.25) is 24.0 Å². The van der Waals surface area contributed by atoms with Crippen LogP contribution < -0.4 is 24.4 Å². The summed E-state index contributed by atoms with van der Waals surface area (Å²) in [5.41, 5.74) is -3.92. The van der Waals surface area contributed by atoms with Crippen LogP contribution in [0.2, 0.25) is 0 Å². The van der Waals surface area contributed by atoms with E-state index in [1.54, 1.807) is 19.1 Å². The molecule has 4 aliphatic rings. The molecule has 2 aliphatic heterocycles. The van der Waals surface area contributed by atoms with Crippen molar-refractivity contribution in [3.05, 3.63) is 36.5 Å². The molecule has 0 unspecified atom stereocenters. The van der Waals surface area contributed by atoms with Gasteiger partial charge in [-0.2, -0.15) is 13.2 Å². The monoisotopic (exact) mass is 878 g/mol. The third kappa shape index (κ3) is 8.67. The molecule has 15 nitrogen and oxygen atoms in total. The van der Waals surface area contributed by atoms with Crippen molar-refractivity contribution >= 4 is 50.3 Å². The molecule has 2 saturated carbocycles. The van der Waals surface area contributed by atoms with E-state index in [0.29, 0.717) is 56.1 Å². The predicted molar refractivity (Wildman–Crippen MR) is 221 cm³/mol. The van der Waals surface area contributed by atoms with E-state index in [4.69, 9.17) is 9.47 Å². The summed E-state index contributed by atoms with van der Waals surface area (Å²) in [7, 11) is 1.09. The lowest BCUT2D eigenvalue weighted by atomic mass is 9.82. The van der Waals surface area contributed by atoms with Gasteiger partial charge >= 0.3 is 12.3 Å². The van der Waals surface area contributed by atoms with Gasteiger partial charge in [-0.15, -0.1) is 0 Å². The van der Waals surface area contributed by atoms with Gasteiger partial charge in [0.25, 0.3) is 5.91 Å². The number of nitrogens with one attached hydrogen (secondary N) is 2. The Kier molecular flexibility index (Phi) is 12.3. The van der Waals surface area contributed by atoms with Gasteiger partial charge in [0.05, 0.1) is 24.6 Å². The van der Waals surface area contributed by atoms with Gasteiger partial charge in [-0.1, -0.05) is 32.4 Å². The molecular formula is C42H57F3N6O9S. The van der Waals surface area contributed by atoms with Crippen LogP contribution in [-0.2, 0) is 24.4 Å². The highest BCUT2D eigenvalue weighted by Gasteiger charge is 2.64. The first-order valence-electron chi connectivity index (χ1n) is 20.7. The number of methoxy groups -OCH3 is 1. The number of carboxylic acid groups (broad SMARTS) is 1. The molecule has 0 bridgehead atoms. The van der Waals surface area contributed by atoms with E-state index >= 15 is 4.79 Å². The average Bonchev–Trinajstić information content (AvgIpc) is 4.06. The molecule has 4 amide bonds. The van der Waals surface area contributed by atoms with Gasteiger partial charge < -0.3 is 29.7 Å². The van der Waals surface area contributed by atoms with Crippen LogP contribution in [0.4, 0.5) is 23.7 Å². The Morgan fingerprint density at radius 2 is 1.82 bits per heavy atom. The zero-order valence-corrected chi connectivity index (χ0v) is 36.7. The number of anilines is 1. The van der Waals surface area contributed by atoms with Gasteiger partial charge in [0.1, 0.15) is 35.0 Å². The number of hydrogen-bond acceptors (Lipinski definition) is 10. The lowest BCUT2D eigenvalue weighted by Crippen LogP contribution is -2.66. The summed E-state index contributed by atoms with van der Waals surface area (Å²) in [6.45, 7) is 6.12. The quantitative estimate of drug-likeness (QED) is 0.252. The Morgan fingerprint density at radius 1 is 1.13 bits per heavy atom. The molecule has 1 saturated heterocycles. The second-order valence-electron chi connectivity index (χ2n) is 18.1. The zero-order valence-electron chi connectivity index (χ0n) is 35.8. The van der Waals surface area contributed by atoms with Gasteiger partial charge in [0.2, 0.25) is 27.7 Å². The largest absolute Gasteiger partial charge is 0.494 e. The van der Waals surface area contributed by atoms with E-state index in [1.165, 1.54) is 20.2 Å². The van der Waals surface area contributed by atoms with Gasteiger partial charge in [-0.05, 0) is 89.3 Å². The predicted octanol–water partition coefficient (Wildman–Crippen LogP) is 5.62. The number of pyridine rings is 1. The lowest BCUT2D eigenvalue weighted by Gasteiger charge is -2.46. The number of amides is 4. The van der Waals surface area contributed by atoms with Crippen LogP contribution >= 0.6 is 0 Å². The van der Waals surface area contributed by atoms with Crippen molar-refractivity contribution in [1.29, 1.82) is 0 Å². The summed E-state index contributed by atoms with van der Waals surface area (Å²) in [6, 6.07) is 2.10. The van der Waals surface area contributed by atoms with E-state index in [9.17, 15) is 41.1 Å². The van der Waals surface area contributed by atoms with Crippen molar-refractivity contribution in [2.75, 3.05) is 32.6 Å². The van der Waals surface area contributed by atoms with Crippen LogP contribution in [-0.4, -0.2) is 120 Å². The summed E-state index contributed by atoms with van der Waals surface area (Å²) < 4.78 is 84.1. The number of rotatable bonds is 10. The molecule has 7 atom stereocenters. The fourth-order valence-electron chi connectivity index (χ4n) is 8.64. The molecule has 336 valence electrons.